The number of sulfonamides is 1. The number of hydrogen-bond acceptors (Lipinski definition) is 6. The van der Waals surface area contributed by atoms with Crippen LogP contribution in [0.3, 0.4) is 0 Å². The number of amides is 1. The fourth-order valence-electron chi connectivity index (χ4n) is 2.27. The molecule has 0 spiro atoms. The molecule has 0 aliphatic heterocycles. The number of benzene rings is 2. The van der Waals surface area contributed by atoms with E-state index in [0.717, 1.165) is 5.56 Å². The first-order valence-corrected chi connectivity index (χ1v) is 9.90. The molecular formula is C19H22N2O6S. The van der Waals surface area contributed by atoms with E-state index in [-0.39, 0.29) is 17.0 Å². The van der Waals surface area contributed by atoms with E-state index >= 15 is 0 Å². The summed E-state index contributed by atoms with van der Waals surface area (Å²) in [5.74, 6) is -0.552. The van der Waals surface area contributed by atoms with Crippen molar-refractivity contribution in [2.45, 2.75) is 24.5 Å². The minimum Gasteiger partial charge on any atom is -0.497 e. The summed E-state index contributed by atoms with van der Waals surface area (Å²) in [5, 5.41) is 2.67. The van der Waals surface area contributed by atoms with Crippen LogP contribution in [0, 0.1) is 0 Å². The molecule has 2 N–H and O–H groups in total. The Labute approximate surface area is 163 Å². The Bertz CT molecular complexity index is 941. The molecule has 1 atom stereocenters. The van der Waals surface area contributed by atoms with E-state index in [2.05, 4.69) is 10.0 Å². The highest BCUT2D eigenvalue weighted by atomic mass is 32.2. The summed E-state index contributed by atoms with van der Waals surface area (Å²) in [7, 11) is -0.850. The van der Waals surface area contributed by atoms with Gasteiger partial charge < -0.3 is 14.8 Å². The highest BCUT2D eigenvalue weighted by Gasteiger charge is 2.20. The highest BCUT2D eigenvalue weighted by molar-refractivity contribution is 7.89. The third-order valence-electron chi connectivity index (χ3n) is 3.93. The first-order valence-electron chi connectivity index (χ1n) is 8.42. The first-order chi connectivity index (χ1) is 13.3. The van der Waals surface area contributed by atoms with Gasteiger partial charge >= 0.3 is 5.97 Å². The van der Waals surface area contributed by atoms with Gasteiger partial charge in [-0.2, -0.15) is 0 Å². The van der Waals surface area contributed by atoms with Crippen LogP contribution in [0.1, 0.15) is 22.8 Å². The van der Waals surface area contributed by atoms with Gasteiger partial charge in [0, 0.05) is 6.54 Å². The molecule has 0 radical (unpaired) electrons. The molecule has 0 aliphatic carbocycles. The maximum atomic E-state index is 12.2. The van der Waals surface area contributed by atoms with Gasteiger partial charge in [0.25, 0.3) is 5.91 Å². The lowest BCUT2D eigenvalue weighted by Crippen LogP contribution is -2.35. The summed E-state index contributed by atoms with van der Waals surface area (Å²) in [6.45, 7) is 1.70. The molecule has 28 heavy (non-hydrogen) atoms. The first kappa shape index (κ1) is 21.4. The van der Waals surface area contributed by atoms with Gasteiger partial charge in [0.15, 0.2) is 6.10 Å². The van der Waals surface area contributed by atoms with Gasteiger partial charge in [0.1, 0.15) is 5.75 Å². The third-order valence-corrected chi connectivity index (χ3v) is 5.34. The predicted molar refractivity (Wildman–Crippen MR) is 102 cm³/mol. The normalized spacial score (nSPS) is 12.1. The average molecular weight is 406 g/mol. The van der Waals surface area contributed by atoms with E-state index < -0.39 is 28.0 Å². The number of methoxy groups -OCH3 is 1. The Morgan fingerprint density at radius 2 is 1.79 bits per heavy atom. The Balaban J connectivity index is 1.95. The average Bonchev–Trinajstić information content (AvgIpc) is 2.72. The quantitative estimate of drug-likeness (QED) is 0.642. The molecule has 0 bridgehead atoms. The molecule has 0 unspecified atom stereocenters. The Hall–Kier alpha value is -2.91. The maximum Gasteiger partial charge on any atom is 0.338 e. The van der Waals surface area contributed by atoms with Crippen molar-refractivity contribution < 1.29 is 27.5 Å². The number of ether oxygens (including phenoxy) is 2. The molecule has 0 aliphatic rings. The molecule has 0 saturated carbocycles. The lowest BCUT2D eigenvalue weighted by atomic mass is 10.2. The van der Waals surface area contributed by atoms with Gasteiger partial charge in [0.2, 0.25) is 10.0 Å². The summed E-state index contributed by atoms with van der Waals surface area (Å²) in [5.41, 5.74) is 0.892. The lowest BCUT2D eigenvalue weighted by molar-refractivity contribution is -0.129. The van der Waals surface area contributed by atoms with Crippen LogP contribution in [0.15, 0.2) is 53.4 Å². The molecule has 2 rings (SSSR count). The van der Waals surface area contributed by atoms with Crippen molar-refractivity contribution in [3.63, 3.8) is 0 Å². The summed E-state index contributed by atoms with van der Waals surface area (Å²) in [6, 6.07) is 12.6. The van der Waals surface area contributed by atoms with Crippen LogP contribution in [0.2, 0.25) is 0 Å². The Morgan fingerprint density at radius 3 is 2.39 bits per heavy atom. The molecule has 1 amide bonds. The van der Waals surface area contributed by atoms with Crippen LogP contribution in [0.5, 0.6) is 5.75 Å². The predicted octanol–water partition coefficient (Wildman–Crippen LogP) is 1.46. The van der Waals surface area contributed by atoms with Crippen LogP contribution in [0.4, 0.5) is 0 Å². The van der Waals surface area contributed by atoms with Crippen LogP contribution in [-0.4, -0.2) is 40.6 Å². The summed E-state index contributed by atoms with van der Waals surface area (Å²) < 4.78 is 36.0. The number of rotatable bonds is 8. The van der Waals surface area contributed by atoms with E-state index in [9.17, 15) is 18.0 Å². The number of nitrogens with one attached hydrogen (secondary N) is 2. The van der Waals surface area contributed by atoms with E-state index in [1.54, 1.807) is 19.2 Å². The van der Waals surface area contributed by atoms with Gasteiger partial charge in [-0.3, -0.25) is 4.79 Å². The fourth-order valence-corrected chi connectivity index (χ4v) is 3.04. The molecule has 0 aromatic heterocycles. The van der Waals surface area contributed by atoms with Crippen LogP contribution >= 0.6 is 0 Å². The second-order valence-electron chi connectivity index (χ2n) is 5.85. The molecule has 0 fully saturated rings. The molecule has 2 aromatic rings. The topological polar surface area (TPSA) is 111 Å². The van der Waals surface area contributed by atoms with Crippen molar-refractivity contribution in [1.82, 2.24) is 10.0 Å². The van der Waals surface area contributed by atoms with Gasteiger partial charge in [-0.05, 0) is 49.9 Å². The third kappa shape index (κ3) is 5.54. The van der Waals surface area contributed by atoms with Crippen molar-refractivity contribution >= 4 is 21.9 Å². The van der Waals surface area contributed by atoms with Crippen molar-refractivity contribution in [3.05, 3.63) is 59.7 Å². The van der Waals surface area contributed by atoms with Crippen LogP contribution in [0.25, 0.3) is 0 Å². The second-order valence-corrected chi connectivity index (χ2v) is 7.74. The smallest absolute Gasteiger partial charge is 0.338 e. The Kier molecular flexibility index (Phi) is 7.13. The molecule has 0 saturated heterocycles. The van der Waals surface area contributed by atoms with E-state index in [4.69, 9.17) is 9.47 Å². The fraction of sp³-hybridized carbons (Fsp3) is 0.263. The molecule has 150 valence electrons. The molecule has 8 nitrogen and oxygen atoms in total. The standard InChI is InChI=1S/C19H22N2O6S/c1-13(18(22)21-12-14-7-9-16(26-3)10-8-14)27-19(23)15-5-4-6-17(11-15)28(24,25)20-2/h4-11,13,20H,12H2,1-3H3,(H,21,22)/t13-/m0/s1. The zero-order valence-corrected chi connectivity index (χ0v) is 16.6. The second kappa shape index (κ2) is 9.34. The van der Waals surface area contributed by atoms with E-state index in [1.807, 2.05) is 12.1 Å². The highest BCUT2D eigenvalue weighted by Crippen LogP contribution is 2.13. The summed E-state index contributed by atoms with van der Waals surface area (Å²) >= 11 is 0. The molecular weight excluding hydrogens is 384 g/mol. The largest absolute Gasteiger partial charge is 0.497 e. The molecule has 2 aromatic carbocycles. The molecule has 9 heteroatoms. The minimum absolute atomic E-state index is 0.0335. The minimum atomic E-state index is -3.69. The zero-order chi connectivity index (χ0) is 20.7. The number of esters is 1. The van der Waals surface area contributed by atoms with Crippen LogP contribution in [-0.2, 0) is 26.1 Å². The monoisotopic (exact) mass is 406 g/mol. The zero-order valence-electron chi connectivity index (χ0n) is 15.8. The lowest BCUT2D eigenvalue weighted by Gasteiger charge is -2.14. The number of hydrogen-bond donors (Lipinski definition) is 2. The van der Waals surface area contributed by atoms with Crippen molar-refractivity contribution in [2.75, 3.05) is 14.2 Å². The van der Waals surface area contributed by atoms with E-state index in [0.29, 0.717) is 5.75 Å². The van der Waals surface area contributed by atoms with Gasteiger partial charge in [-0.1, -0.05) is 18.2 Å². The van der Waals surface area contributed by atoms with Gasteiger partial charge in [0.05, 0.1) is 17.6 Å². The van der Waals surface area contributed by atoms with Gasteiger partial charge in [-0.15, -0.1) is 0 Å². The van der Waals surface area contributed by atoms with Gasteiger partial charge in [-0.25, -0.2) is 17.9 Å². The van der Waals surface area contributed by atoms with Crippen LogP contribution < -0.4 is 14.8 Å². The number of carbonyl (C=O) groups is 2. The SMILES string of the molecule is CNS(=O)(=O)c1cccc(C(=O)O[C@@H](C)C(=O)NCc2ccc(OC)cc2)c1. The van der Waals surface area contributed by atoms with Crippen molar-refractivity contribution in [3.8, 4) is 5.75 Å². The summed E-state index contributed by atoms with van der Waals surface area (Å²) in [4.78, 5) is 24.3. The molecule has 0 heterocycles. The number of carbonyl (C=O) groups excluding carboxylic acids is 2. The van der Waals surface area contributed by atoms with Crippen molar-refractivity contribution in [1.29, 1.82) is 0 Å². The summed E-state index contributed by atoms with van der Waals surface area (Å²) in [6.07, 6.45) is -1.05. The van der Waals surface area contributed by atoms with E-state index in [1.165, 1.54) is 38.2 Å². The maximum absolute atomic E-state index is 12.2. The Morgan fingerprint density at radius 1 is 1.11 bits per heavy atom. The van der Waals surface area contributed by atoms with Crippen molar-refractivity contribution in [2.24, 2.45) is 0 Å².